The Morgan fingerprint density at radius 1 is 0.971 bits per heavy atom. The minimum absolute atomic E-state index is 0.0651. The molecule has 4 aromatic rings. The second-order valence-corrected chi connectivity index (χ2v) is 8.83. The Kier molecular flexibility index (Phi) is 5.36. The van der Waals surface area contributed by atoms with E-state index in [-0.39, 0.29) is 17.5 Å². The predicted molar refractivity (Wildman–Crippen MR) is 133 cm³/mol. The zero-order valence-electron chi connectivity index (χ0n) is 19.6. The maximum atomic E-state index is 13.9. The van der Waals surface area contributed by atoms with Gasteiger partial charge in [0.2, 0.25) is 5.91 Å². The molecule has 2 atom stereocenters. The first-order valence-electron chi connectivity index (χ1n) is 11.2. The molecule has 1 aliphatic heterocycles. The molecule has 35 heavy (non-hydrogen) atoms. The first-order chi connectivity index (χ1) is 16.8. The molecule has 8 heteroatoms. The molecule has 1 aliphatic rings. The van der Waals surface area contributed by atoms with E-state index in [1.54, 1.807) is 43.1 Å². The van der Waals surface area contributed by atoms with E-state index in [9.17, 15) is 19.7 Å². The fraction of sp³-hybridized carbons (Fsp3) is 0.185. The van der Waals surface area contributed by atoms with E-state index in [0.717, 1.165) is 16.5 Å². The van der Waals surface area contributed by atoms with Crippen molar-refractivity contribution in [3.8, 4) is 0 Å². The number of nitro groups is 1. The number of carbonyl (C=O) groups excluding carboxylic acids is 2. The number of hydrogen-bond donors (Lipinski definition) is 1. The maximum Gasteiger partial charge on any atom is 0.274 e. The number of amides is 2. The van der Waals surface area contributed by atoms with Crippen LogP contribution in [0.1, 0.15) is 39.0 Å². The zero-order valence-corrected chi connectivity index (χ0v) is 19.6. The van der Waals surface area contributed by atoms with E-state index in [0.29, 0.717) is 22.4 Å². The smallest absolute Gasteiger partial charge is 0.274 e. The van der Waals surface area contributed by atoms with Crippen LogP contribution in [-0.4, -0.2) is 33.3 Å². The number of fused-ring (bicyclic) bond motifs is 2. The van der Waals surface area contributed by atoms with Gasteiger partial charge in [-0.3, -0.25) is 19.7 Å². The number of benzene rings is 3. The number of carbonyl (C=O) groups is 2. The van der Waals surface area contributed by atoms with Gasteiger partial charge in [-0.05, 0) is 30.7 Å². The van der Waals surface area contributed by atoms with Crippen LogP contribution in [0.25, 0.3) is 10.9 Å². The van der Waals surface area contributed by atoms with Crippen LogP contribution in [0.4, 0.5) is 11.4 Å². The second-order valence-electron chi connectivity index (χ2n) is 8.83. The van der Waals surface area contributed by atoms with Crippen LogP contribution in [0, 0.1) is 17.0 Å². The molecule has 0 unspecified atom stereocenters. The summed E-state index contributed by atoms with van der Waals surface area (Å²) in [5.41, 5.74) is 3.65. The fourth-order valence-electron chi connectivity index (χ4n) is 5.12. The largest absolute Gasteiger partial charge is 0.350 e. The molecule has 176 valence electrons. The summed E-state index contributed by atoms with van der Waals surface area (Å²) in [6.45, 7) is 1.61. The highest BCUT2D eigenvalue weighted by Crippen LogP contribution is 2.45. The van der Waals surface area contributed by atoms with Crippen LogP contribution in [-0.2, 0) is 11.8 Å². The van der Waals surface area contributed by atoms with Crippen LogP contribution in [0.15, 0.2) is 72.9 Å². The van der Waals surface area contributed by atoms with E-state index in [1.165, 1.54) is 6.07 Å². The number of aryl methyl sites for hydroxylation is 1. The van der Waals surface area contributed by atoms with Gasteiger partial charge in [-0.2, -0.15) is 0 Å². The van der Waals surface area contributed by atoms with Crippen LogP contribution in [0.3, 0.4) is 0 Å². The zero-order chi connectivity index (χ0) is 24.9. The first kappa shape index (κ1) is 22.3. The Labute approximate surface area is 201 Å². The normalized spacial score (nSPS) is 17.3. The summed E-state index contributed by atoms with van der Waals surface area (Å²) in [7, 11) is 3.65. The van der Waals surface area contributed by atoms with Crippen molar-refractivity contribution < 1.29 is 14.5 Å². The van der Waals surface area contributed by atoms with Crippen molar-refractivity contribution in [1.29, 1.82) is 0 Å². The molecule has 0 saturated carbocycles. The number of anilines is 1. The third kappa shape index (κ3) is 3.54. The van der Waals surface area contributed by atoms with Gasteiger partial charge >= 0.3 is 0 Å². The SMILES string of the molecule is Cc1c(NC(=O)[C@@H]2c3ccccc3C(=O)N(C)[C@H]2c2cn(C)c3ccccc23)cccc1[N+](=O)[O-]. The highest BCUT2D eigenvalue weighted by atomic mass is 16.6. The fourth-order valence-corrected chi connectivity index (χ4v) is 5.12. The van der Waals surface area contributed by atoms with Gasteiger partial charge in [0.05, 0.1) is 28.1 Å². The van der Waals surface area contributed by atoms with Crippen molar-refractivity contribution in [3.63, 3.8) is 0 Å². The molecule has 2 amide bonds. The molecule has 0 aliphatic carbocycles. The molecule has 5 rings (SSSR count). The van der Waals surface area contributed by atoms with Gasteiger partial charge in [0.25, 0.3) is 11.6 Å². The Hall–Kier alpha value is -4.46. The van der Waals surface area contributed by atoms with Crippen molar-refractivity contribution in [2.75, 3.05) is 12.4 Å². The molecule has 8 nitrogen and oxygen atoms in total. The maximum absolute atomic E-state index is 13.9. The molecule has 0 bridgehead atoms. The summed E-state index contributed by atoms with van der Waals surface area (Å²) in [5.74, 6) is -1.22. The van der Waals surface area contributed by atoms with E-state index in [4.69, 9.17) is 0 Å². The highest BCUT2D eigenvalue weighted by molar-refractivity contribution is 6.05. The van der Waals surface area contributed by atoms with E-state index >= 15 is 0 Å². The van der Waals surface area contributed by atoms with E-state index in [2.05, 4.69) is 5.32 Å². The van der Waals surface area contributed by atoms with Gasteiger partial charge < -0.3 is 14.8 Å². The molecular weight excluding hydrogens is 444 g/mol. The van der Waals surface area contributed by atoms with E-state index < -0.39 is 16.9 Å². The summed E-state index contributed by atoms with van der Waals surface area (Å²) in [6, 6.07) is 19.0. The average molecular weight is 469 g/mol. The summed E-state index contributed by atoms with van der Waals surface area (Å²) >= 11 is 0. The Balaban J connectivity index is 1.67. The van der Waals surface area contributed by atoms with Gasteiger partial charge in [-0.15, -0.1) is 0 Å². The van der Waals surface area contributed by atoms with Crippen molar-refractivity contribution in [2.45, 2.75) is 18.9 Å². The van der Waals surface area contributed by atoms with Crippen LogP contribution in [0.5, 0.6) is 0 Å². The van der Waals surface area contributed by atoms with Crippen LogP contribution in [0.2, 0.25) is 0 Å². The molecule has 1 aromatic heterocycles. The van der Waals surface area contributed by atoms with Crippen molar-refractivity contribution in [2.24, 2.45) is 7.05 Å². The van der Waals surface area contributed by atoms with Crippen molar-refractivity contribution >= 4 is 34.1 Å². The van der Waals surface area contributed by atoms with Crippen LogP contribution >= 0.6 is 0 Å². The molecule has 3 aromatic carbocycles. The minimum Gasteiger partial charge on any atom is -0.350 e. The minimum atomic E-state index is -0.724. The van der Waals surface area contributed by atoms with Crippen LogP contribution < -0.4 is 5.32 Å². The second kappa shape index (κ2) is 8.39. The van der Waals surface area contributed by atoms with Crippen molar-refractivity contribution in [3.05, 3.63) is 105 Å². The van der Waals surface area contributed by atoms with Gasteiger partial charge in [-0.1, -0.05) is 42.5 Å². The van der Waals surface area contributed by atoms with Gasteiger partial charge in [0.15, 0.2) is 0 Å². The number of nitro benzene ring substituents is 1. The molecule has 0 radical (unpaired) electrons. The highest BCUT2D eigenvalue weighted by Gasteiger charge is 2.43. The number of aromatic nitrogens is 1. The summed E-state index contributed by atoms with van der Waals surface area (Å²) in [5, 5.41) is 15.3. The summed E-state index contributed by atoms with van der Waals surface area (Å²) in [6.07, 6.45) is 1.96. The third-order valence-corrected chi connectivity index (χ3v) is 6.87. The molecule has 0 spiro atoms. The molecular formula is C27H24N4O4. The number of nitrogens with one attached hydrogen (secondary N) is 1. The number of nitrogens with zero attached hydrogens (tertiary/aromatic N) is 3. The molecule has 2 heterocycles. The number of para-hydroxylation sites is 1. The standard InChI is InChI=1S/C27H24N4O4/c1-16-21(12-8-14-22(16)31(34)35)28-26(32)24-18-10-4-5-11-19(18)27(33)30(3)25(24)20-15-29(2)23-13-7-6-9-17(20)23/h4-15,24-25H,1-3H3,(H,28,32)/t24-,25+/m1/s1. The number of likely N-dealkylation sites (N-methyl/N-ethyl adjacent to an activating group) is 1. The predicted octanol–water partition coefficient (Wildman–Crippen LogP) is 4.94. The number of hydrogen-bond acceptors (Lipinski definition) is 4. The summed E-state index contributed by atoms with van der Waals surface area (Å²) in [4.78, 5) is 39.8. The number of rotatable bonds is 4. The third-order valence-electron chi connectivity index (χ3n) is 6.87. The first-order valence-corrected chi connectivity index (χ1v) is 11.2. The average Bonchev–Trinajstić information content (AvgIpc) is 3.18. The molecule has 0 saturated heterocycles. The summed E-state index contributed by atoms with van der Waals surface area (Å²) < 4.78 is 1.99. The lowest BCUT2D eigenvalue weighted by molar-refractivity contribution is -0.385. The van der Waals surface area contributed by atoms with Gasteiger partial charge in [-0.25, -0.2) is 0 Å². The van der Waals surface area contributed by atoms with E-state index in [1.807, 2.05) is 54.2 Å². The lowest BCUT2D eigenvalue weighted by Gasteiger charge is -2.39. The monoisotopic (exact) mass is 468 g/mol. The van der Waals surface area contributed by atoms with Gasteiger partial charge in [0, 0.05) is 48.4 Å². The molecule has 0 fully saturated rings. The lowest BCUT2D eigenvalue weighted by Crippen LogP contribution is -2.44. The Bertz CT molecular complexity index is 1510. The van der Waals surface area contributed by atoms with Gasteiger partial charge in [0.1, 0.15) is 0 Å². The van der Waals surface area contributed by atoms with Crippen molar-refractivity contribution in [1.82, 2.24) is 9.47 Å². The molecule has 1 N–H and O–H groups in total. The lowest BCUT2D eigenvalue weighted by atomic mass is 9.79. The Morgan fingerprint density at radius 2 is 1.69 bits per heavy atom. The Morgan fingerprint density at radius 3 is 2.46 bits per heavy atom. The topological polar surface area (TPSA) is 97.5 Å². The quantitative estimate of drug-likeness (QED) is 0.339.